The third-order valence-corrected chi connectivity index (χ3v) is 3.64. The van der Waals surface area contributed by atoms with Gasteiger partial charge in [0.1, 0.15) is 0 Å². The van der Waals surface area contributed by atoms with Gasteiger partial charge in [0.15, 0.2) is 5.96 Å². The van der Waals surface area contributed by atoms with Gasteiger partial charge in [-0.15, -0.1) is 12.3 Å². The molecular weight excluding hydrogens is 226 g/mol. The molecule has 4 heteroatoms. The topological polar surface area (TPSA) is 45.7 Å². The summed E-state index contributed by atoms with van der Waals surface area (Å²) in [5.74, 6) is 3.44. The van der Waals surface area contributed by atoms with Gasteiger partial charge in [-0.25, -0.2) is 0 Å². The lowest BCUT2D eigenvalue weighted by Crippen LogP contribution is -2.63. The molecule has 1 aliphatic rings. The molecule has 2 unspecified atom stereocenters. The summed E-state index contributed by atoms with van der Waals surface area (Å²) in [7, 11) is 1.77. The van der Waals surface area contributed by atoms with E-state index in [0.29, 0.717) is 25.1 Å². The predicted molar refractivity (Wildman–Crippen MR) is 75.5 cm³/mol. The molecule has 0 aliphatic heterocycles. The Balaban J connectivity index is 2.52. The monoisotopic (exact) mass is 251 g/mol. The second-order valence-corrected chi connectivity index (χ2v) is 5.19. The lowest BCUT2D eigenvalue weighted by Gasteiger charge is -2.51. The van der Waals surface area contributed by atoms with Crippen molar-refractivity contribution in [2.45, 2.75) is 45.8 Å². The van der Waals surface area contributed by atoms with Crippen LogP contribution in [0.3, 0.4) is 0 Å². The van der Waals surface area contributed by atoms with Crippen molar-refractivity contribution in [3.63, 3.8) is 0 Å². The number of hydrogen-bond donors (Lipinski definition) is 2. The highest BCUT2D eigenvalue weighted by atomic mass is 16.5. The number of rotatable bonds is 5. The summed E-state index contributed by atoms with van der Waals surface area (Å²) in [6.07, 6.45) is 7.24. The van der Waals surface area contributed by atoms with Crippen molar-refractivity contribution in [3.8, 4) is 12.3 Å². The van der Waals surface area contributed by atoms with E-state index in [-0.39, 0.29) is 5.41 Å². The Morgan fingerprint density at radius 2 is 2.28 bits per heavy atom. The number of nitrogens with one attached hydrogen (secondary N) is 2. The fourth-order valence-corrected chi connectivity index (χ4v) is 2.25. The first-order valence-corrected chi connectivity index (χ1v) is 6.57. The molecule has 1 aliphatic carbocycles. The summed E-state index contributed by atoms with van der Waals surface area (Å²) < 4.78 is 5.44. The number of ether oxygens (including phenoxy) is 1. The first-order chi connectivity index (χ1) is 8.56. The Labute approximate surface area is 111 Å². The minimum atomic E-state index is 0.136. The maximum atomic E-state index is 5.44. The largest absolute Gasteiger partial charge is 0.381 e. The molecule has 0 aromatic carbocycles. The summed E-state index contributed by atoms with van der Waals surface area (Å²) in [6.45, 7) is 8.00. The van der Waals surface area contributed by atoms with Crippen molar-refractivity contribution in [2.75, 3.05) is 20.2 Å². The molecule has 0 radical (unpaired) electrons. The van der Waals surface area contributed by atoms with Gasteiger partial charge in [0.2, 0.25) is 0 Å². The summed E-state index contributed by atoms with van der Waals surface area (Å²) >= 11 is 0. The summed E-state index contributed by atoms with van der Waals surface area (Å²) in [5.41, 5.74) is 0.136. The van der Waals surface area contributed by atoms with Crippen LogP contribution in [0.5, 0.6) is 0 Å². The van der Waals surface area contributed by atoms with Gasteiger partial charge in [0, 0.05) is 31.5 Å². The molecule has 18 heavy (non-hydrogen) atoms. The molecule has 0 saturated heterocycles. The van der Waals surface area contributed by atoms with Gasteiger partial charge in [-0.05, 0) is 13.3 Å². The van der Waals surface area contributed by atoms with E-state index < -0.39 is 0 Å². The minimum absolute atomic E-state index is 0.136. The Hall–Kier alpha value is -1.21. The van der Waals surface area contributed by atoms with Crippen LogP contribution in [0.15, 0.2) is 4.99 Å². The highest BCUT2D eigenvalue weighted by Crippen LogP contribution is 2.42. The molecule has 4 nitrogen and oxygen atoms in total. The van der Waals surface area contributed by atoms with Crippen molar-refractivity contribution in [2.24, 2.45) is 10.4 Å². The molecule has 102 valence electrons. The first-order valence-electron chi connectivity index (χ1n) is 6.57. The zero-order valence-electron chi connectivity index (χ0n) is 11.9. The predicted octanol–water partition coefficient (Wildman–Crippen LogP) is 1.38. The first kappa shape index (κ1) is 14.8. The van der Waals surface area contributed by atoms with E-state index in [1.165, 1.54) is 0 Å². The van der Waals surface area contributed by atoms with Crippen LogP contribution < -0.4 is 10.6 Å². The summed E-state index contributed by atoms with van der Waals surface area (Å²) in [5, 5.41) is 6.70. The summed E-state index contributed by atoms with van der Waals surface area (Å²) in [4.78, 5) is 4.45. The molecule has 0 aromatic rings. The second kappa shape index (κ2) is 6.65. The quantitative estimate of drug-likeness (QED) is 0.336. The van der Waals surface area contributed by atoms with E-state index in [0.717, 1.165) is 18.9 Å². The van der Waals surface area contributed by atoms with Crippen molar-refractivity contribution in [1.29, 1.82) is 0 Å². The van der Waals surface area contributed by atoms with Gasteiger partial charge < -0.3 is 15.4 Å². The zero-order valence-corrected chi connectivity index (χ0v) is 11.9. The van der Waals surface area contributed by atoms with Gasteiger partial charge in [-0.3, -0.25) is 4.99 Å². The molecule has 0 spiro atoms. The van der Waals surface area contributed by atoms with Crippen molar-refractivity contribution in [1.82, 2.24) is 10.6 Å². The number of hydrogen-bond acceptors (Lipinski definition) is 2. The van der Waals surface area contributed by atoms with E-state index in [2.05, 4.69) is 42.3 Å². The summed E-state index contributed by atoms with van der Waals surface area (Å²) in [6, 6.07) is 0.395. The van der Waals surface area contributed by atoms with E-state index in [1.807, 2.05) is 0 Å². The van der Waals surface area contributed by atoms with Gasteiger partial charge in [0.25, 0.3) is 0 Å². The zero-order chi connectivity index (χ0) is 13.6. The average molecular weight is 251 g/mol. The van der Waals surface area contributed by atoms with Gasteiger partial charge in [-0.2, -0.15) is 0 Å². The van der Waals surface area contributed by atoms with Crippen LogP contribution in [-0.4, -0.2) is 38.3 Å². The number of nitrogens with zero attached hydrogens (tertiary/aromatic N) is 1. The van der Waals surface area contributed by atoms with Crippen molar-refractivity contribution in [3.05, 3.63) is 0 Å². The SMILES string of the molecule is C#CCCN=C(NCC)NC1CC(OC)C1(C)C. The fourth-order valence-electron chi connectivity index (χ4n) is 2.25. The van der Waals surface area contributed by atoms with E-state index in [4.69, 9.17) is 11.2 Å². The molecule has 0 aromatic heterocycles. The second-order valence-electron chi connectivity index (χ2n) is 5.19. The fraction of sp³-hybridized carbons (Fsp3) is 0.786. The number of terminal acetylenes is 1. The Morgan fingerprint density at radius 1 is 1.56 bits per heavy atom. The van der Waals surface area contributed by atoms with Crippen LogP contribution in [0.4, 0.5) is 0 Å². The molecular formula is C14H25N3O. The Morgan fingerprint density at radius 3 is 2.78 bits per heavy atom. The van der Waals surface area contributed by atoms with Gasteiger partial charge >= 0.3 is 0 Å². The third-order valence-electron chi connectivity index (χ3n) is 3.64. The molecule has 2 N–H and O–H groups in total. The lowest BCUT2D eigenvalue weighted by molar-refractivity contribution is -0.0922. The Bertz CT molecular complexity index is 330. The van der Waals surface area contributed by atoms with Crippen molar-refractivity contribution < 1.29 is 4.74 Å². The molecule has 2 atom stereocenters. The maximum Gasteiger partial charge on any atom is 0.191 e. The Kier molecular flexibility index (Phi) is 5.49. The van der Waals surface area contributed by atoms with Crippen molar-refractivity contribution >= 4 is 5.96 Å². The van der Waals surface area contributed by atoms with Crippen LogP contribution in [0.25, 0.3) is 0 Å². The van der Waals surface area contributed by atoms with E-state index >= 15 is 0 Å². The third kappa shape index (κ3) is 3.39. The van der Waals surface area contributed by atoms with Gasteiger partial charge in [-0.1, -0.05) is 13.8 Å². The molecule has 0 heterocycles. The van der Waals surface area contributed by atoms with Crippen LogP contribution in [0.2, 0.25) is 0 Å². The van der Waals surface area contributed by atoms with Crippen LogP contribution in [0.1, 0.15) is 33.6 Å². The van der Waals surface area contributed by atoms with E-state index in [9.17, 15) is 0 Å². The highest BCUT2D eigenvalue weighted by molar-refractivity contribution is 5.80. The standard InChI is InChI=1S/C14H25N3O/c1-6-8-9-16-13(15-7-2)17-11-10-12(18-5)14(11,3)4/h1,11-12H,7-10H2,2-5H3,(H2,15,16,17). The van der Waals surface area contributed by atoms with Crippen LogP contribution in [0, 0.1) is 17.8 Å². The smallest absolute Gasteiger partial charge is 0.191 e. The highest BCUT2D eigenvalue weighted by Gasteiger charge is 2.48. The van der Waals surface area contributed by atoms with E-state index in [1.54, 1.807) is 7.11 Å². The van der Waals surface area contributed by atoms with Crippen LogP contribution >= 0.6 is 0 Å². The van der Waals surface area contributed by atoms with Gasteiger partial charge in [0.05, 0.1) is 12.6 Å². The molecule has 1 rings (SSSR count). The normalized spacial score (nSPS) is 26.1. The molecule has 1 saturated carbocycles. The molecule has 0 amide bonds. The minimum Gasteiger partial charge on any atom is -0.381 e. The lowest BCUT2D eigenvalue weighted by atomic mass is 9.64. The number of aliphatic imine (C=N–C) groups is 1. The molecule has 1 fully saturated rings. The molecule has 0 bridgehead atoms. The average Bonchev–Trinajstić information content (AvgIpc) is 2.34. The number of guanidine groups is 1. The maximum absolute atomic E-state index is 5.44. The van der Waals surface area contributed by atoms with Crippen LogP contribution in [-0.2, 0) is 4.74 Å². The number of methoxy groups -OCH3 is 1.